The summed E-state index contributed by atoms with van der Waals surface area (Å²) in [5, 5.41) is 15.6. The third-order valence-electron chi connectivity index (χ3n) is 2.39. The molecule has 2 rings (SSSR count). The summed E-state index contributed by atoms with van der Waals surface area (Å²) in [6, 6.07) is 0.622. The molecular formula is C6H12N2O. The average molecular weight is 128 g/mol. The summed E-state index contributed by atoms with van der Waals surface area (Å²) in [6.07, 6.45) is 1.10. The number of aliphatic hydroxyl groups is 1. The number of hydrogen-bond acceptors (Lipinski definition) is 3. The maximum atomic E-state index is 8.94. The molecule has 2 heterocycles. The van der Waals surface area contributed by atoms with Gasteiger partial charge in [0.2, 0.25) is 0 Å². The van der Waals surface area contributed by atoms with Gasteiger partial charge < -0.3 is 15.7 Å². The largest absolute Gasteiger partial charge is 0.394 e. The zero-order valence-corrected chi connectivity index (χ0v) is 5.35. The maximum Gasteiger partial charge on any atom is 0.0626 e. The van der Waals surface area contributed by atoms with Crippen molar-refractivity contribution >= 4 is 0 Å². The van der Waals surface area contributed by atoms with E-state index in [4.69, 9.17) is 5.11 Å². The summed E-state index contributed by atoms with van der Waals surface area (Å²) in [6.45, 7) is 2.24. The first-order chi connectivity index (χ1) is 4.35. The molecular weight excluding hydrogens is 116 g/mol. The monoisotopic (exact) mass is 128 g/mol. The van der Waals surface area contributed by atoms with Crippen LogP contribution >= 0.6 is 0 Å². The predicted octanol–water partition coefficient (Wildman–Crippen LogP) is -1.32. The smallest absolute Gasteiger partial charge is 0.0626 e. The van der Waals surface area contributed by atoms with E-state index in [1.54, 1.807) is 0 Å². The number of piperazine rings is 1. The van der Waals surface area contributed by atoms with Crippen LogP contribution in [0.1, 0.15) is 6.42 Å². The van der Waals surface area contributed by atoms with Crippen molar-refractivity contribution in [2.45, 2.75) is 18.0 Å². The van der Waals surface area contributed by atoms with Crippen molar-refractivity contribution < 1.29 is 5.11 Å². The molecule has 0 aromatic rings. The van der Waals surface area contributed by atoms with Crippen LogP contribution in [0.5, 0.6) is 0 Å². The third-order valence-corrected chi connectivity index (χ3v) is 2.39. The number of nitrogens with one attached hydrogen (secondary N) is 2. The zero-order valence-electron chi connectivity index (χ0n) is 5.35. The van der Waals surface area contributed by atoms with Crippen LogP contribution < -0.4 is 10.6 Å². The number of rotatable bonds is 1. The summed E-state index contributed by atoms with van der Waals surface area (Å²) in [7, 11) is 0. The van der Waals surface area contributed by atoms with Crippen LogP contribution in [-0.2, 0) is 0 Å². The predicted molar refractivity (Wildman–Crippen MR) is 34.2 cm³/mol. The minimum atomic E-state index is 0.0463. The van der Waals surface area contributed by atoms with Crippen LogP contribution in [0.15, 0.2) is 0 Å². The van der Waals surface area contributed by atoms with Gasteiger partial charge in [-0.3, -0.25) is 0 Å². The second-order valence-corrected chi connectivity index (χ2v) is 3.10. The zero-order chi connectivity index (χ0) is 6.32. The summed E-state index contributed by atoms with van der Waals surface area (Å²) < 4.78 is 0. The first-order valence-electron chi connectivity index (χ1n) is 3.44. The molecule has 0 amide bonds. The lowest BCUT2D eigenvalue weighted by Crippen LogP contribution is -2.51. The molecule has 0 aliphatic carbocycles. The Labute approximate surface area is 54.4 Å². The summed E-state index contributed by atoms with van der Waals surface area (Å²) in [4.78, 5) is 0. The summed E-state index contributed by atoms with van der Waals surface area (Å²) >= 11 is 0. The highest BCUT2D eigenvalue weighted by atomic mass is 16.3. The molecule has 2 aliphatic rings. The van der Waals surface area contributed by atoms with Crippen molar-refractivity contribution in [3.05, 3.63) is 0 Å². The Bertz CT molecular complexity index is 118. The van der Waals surface area contributed by atoms with Gasteiger partial charge in [0.05, 0.1) is 12.1 Å². The number of fused-ring (bicyclic) bond motifs is 2. The van der Waals surface area contributed by atoms with Crippen molar-refractivity contribution in [3.8, 4) is 0 Å². The molecule has 3 heteroatoms. The number of hydrogen-bond donors (Lipinski definition) is 3. The van der Waals surface area contributed by atoms with Crippen LogP contribution in [0.4, 0.5) is 0 Å². The van der Waals surface area contributed by atoms with Gasteiger partial charge in [0.25, 0.3) is 0 Å². The van der Waals surface area contributed by atoms with E-state index in [1.807, 2.05) is 0 Å². The molecule has 0 saturated carbocycles. The topological polar surface area (TPSA) is 44.3 Å². The first kappa shape index (κ1) is 5.65. The van der Waals surface area contributed by atoms with Gasteiger partial charge in [0.1, 0.15) is 0 Å². The minimum absolute atomic E-state index is 0.0463. The second-order valence-electron chi connectivity index (χ2n) is 3.10. The van der Waals surface area contributed by atoms with Crippen molar-refractivity contribution in [2.75, 3.05) is 19.7 Å². The van der Waals surface area contributed by atoms with Gasteiger partial charge >= 0.3 is 0 Å². The van der Waals surface area contributed by atoms with Crippen LogP contribution in [0, 0.1) is 0 Å². The van der Waals surface area contributed by atoms with Crippen molar-refractivity contribution in [2.24, 2.45) is 0 Å². The lowest BCUT2D eigenvalue weighted by atomic mass is 10.0. The molecule has 2 saturated heterocycles. The van der Waals surface area contributed by atoms with E-state index in [0.29, 0.717) is 6.04 Å². The van der Waals surface area contributed by atoms with Crippen molar-refractivity contribution in [3.63, 3.8) is 0 Å². The van der Waals surface area contributed by atoms with Gasteiger partial charge in [0, 0.05) is 19.1 Å². The van der Waals surface area contributed by atoms with Gasteiger partial charge in [-0.25, -0.2) is 0 Å². The van der Waals surface area contributed by atoms with Crippen LogP contribution in [0.2, 0.25) is 0 Å². The Balaban J connectivity index is 2.13. The Hall–Kier alpha value is -0.120. The molecule has 3 nitrogen and oxygen atoms in total. The average Bonchev–Trinajstić information content (AvgIpc) is 2.46. The van der Waals surface area contributed by atoms with Gasteiger partial charge in [0.15, 0.2) is 0 Å². The highest BCUT2D eigenvalue weighted by Crippen LogP contribution is 2.24. The van der Waals surface area contributed by atoms with E-state index in [2.05, 4.69) is 10.6 Å². The third kappa shape index (κ3) is 0.689. The Morgan fingerprint density at radius 3 is 2.78 bits per heavy atom. The van der Waals surface area contributed by atoms with Gasteiger partial charge in [-0.2, -0.15) is 0 Å². The van der Waals surface area contributed by atoms with E-state index >= 15 is 0 Å². The molecule has 3 N–H and O–H groups in total. The Kier molecular flexibility index (Phi) is 1.06. The quantitative estimate of drug-likeness (QED) is 0.410. The molecule has 2 aliphatic heterocycles. The van der Waals surface area contributed by atoms with E-state index in [-0.39, 0.29) is 12.1 Å². The lowest BCUT2D eigenvalue weighted by Gasteiger charge is -2.24. The van der Waals surface area contributed by atoms with Crippen molar-refractivity contribution in [1.82, 2.24) is 10.6 Å². The lowest BCUT2D eigenvalue weighted by molar-refractivity contribution is 0.186. The van der Waals surface area contributed by atoms with Gasteiger partial charge in [-0.05, 0) is 6.42 Å². The van der Waals surface area contributed by atoms with E-state index in [0.717, 1.165) is 19.5 Å². The molecule has 2 atom stereocenters. The molecule has 0 unspecified atom stereocenters. The molecule has 52 valence electrons. The van der Waals surface area contributed by atoms with Gasteiger partial charge in [-0.15, -0.1) is 0 Å². The highest BCUT2D eigenvalue weighted by molar-refractivity contribution is 5.07. The first-order valence-corrected chi connectivity index (χ1v) is 3.44. The van der Waals surface area contributed by atoms with Gasteiger partial charge in [-0.1, -0.05) is 0 Å². The highest BCUT2D eigenvalue weighted by Gasteiger charge is 2.43. The fraction of sp³-hybridized carbons (Fsp3) is 1.00. The standard InChI is InChI=1S/C6H12N2O/c9-4-6-1-5(2-8-6)7-3-6/h5,7-9H,1-4H2/t5-,6-/m1/s1. The van der Waals surface area contributed by atoms with Crippen LogP contribution in [0.25, 0.3) is 0 Å². The Morgan fingerprint density at radius 2 is 2.56 bits per heavy atom. The fourth-order valence-corrected chi connectivity index (χ4v) is 1.75. The minimum Gasteiger partial charge on any atom is -0.394 e. The normalized spacial score (nSPS) is 48.3. The molecule has 0 aromatic carbocycles. The summed E-state index contributed by atoms with van der Waals surface area (Å²) in [5.41, 5.74) is 0.0463. The molecule has 2 fully saturated rings. The molecule has 0 radical (unpaired) electrons. The van der Waals surface area contributed by atoms with Crippen LogP contribution in [0.3, 0.4) is 0 Å². The second kappa shape index (κ2) is 1.68. The van der Waals surface area contributed by atoms with E-state index < -0.39 is 0 Å². The molecule has 0 spiro atoms. The molecule has 0 aromatic heterocycles. The van der Waals surface area contributed by atoms with Crippen LogP contribution in [-0.4, -0.2) is 36.4 Å². The maximum absolute atomic E-state index is 8.94. The molecule has 9 heavy (non-hydrogen) atoms. The molecule has 2 bridgehead atoms. The Morgan fingerprint density at radius 1 is 1.67 bits per heavy atom. The van der Waals surface area contributed by atoms with Crippen molar-refractivity contribution in [1.29, 1.82) is 0 Å². The SMILES string of the molecule is OC[C@@]12CN[C@@H](CN1)C2. The van der Waals surface area contributed by atoms with E-state index in [9.17, 15) is 0 Å². The van der Waals surface area contributed by atoms with E-state index in [1.165, 1.54) is 0 Å². The number of aliphatic hydroxyl groups excluding tert-OH is 1. The fourth-order valence-electron chi connectivity index (χ4n) is 1.75. The summed E-state index contributed by atoms with van der Waals surface area (Å²) in [5.74, 6) is 0.